The number of carbonyl (C=O) groups is 3. The largest absolute Gasteiger partial charge is 0.482 e. The van der Waals surface area contributed by atoms with Gasteiger partial charge in [-0.15, -0.1) is 0 Å². The molecule has 2 N–H and O–H groups in total. The van der Waals surface area contributed by atoms with Gasteiger partial charge in [0.05, 0.1) is 13.3 Å². The number of nitrogens with one attached hydrogen (secondary N) is 2. The molecule has 0 spiro atoms. The number of nitrogens with zero attached hydrogens (tertiary/aromatic N) is 1. The molecule has 140 valence electrons. The van der Waals surface area contributed by atoms with Gasteiger partial charge in [0.15, 0.2) is 6.61 Å². The van der Waals surface area contributed by atoms with Crippen molar-refractivity contribution in [2.45, 2.75) is 6.54 Å². The number of hydrogen-bond donors (Lipinski definition) is 2. The third-order valence-corrected chi connectivity index (χ3v) is 3.35. The predicted molar refractivity (Wildman–Crippen MR) is 98.0 cm³/mol. The molecule has 0 aromatic heterocycles. The lowest BCUT2D eigenvalue weighted by molar-refractivity contribution is -0.142. The lowest BCUT2D eigenvalue weighted by Crippen LogP contribution is -2.37. The van der Waals surface area contributed by atoms with Crippen LogP contribution in [0, 0.1) is 0 Å². The number of amides is 2. The van der Waals surface area contributed by atoms with Crippen LogP contribution in [0.5, 0.6) is 5.75 Å². The predicted octanol–water partition coefficient (Wildman–Crippen LogP) is 1.00. The third-order valence-electron chi connectivity index (χ3n) is 3.35. The van der Waals surface area contributed by atoms with E-state index in [0.29, 0.717) is 11.3 Å². The molecule has 0 fully saturated rings. The second-order valence-electron chi connectivity index (χ2n) is 5.30. The Bertz CT molecular complexity index is 804. The van der Waals surface area contributed by atoms with Crippen LogP contribution in [-0.4, -0.2) is 37.7 Å². The van der Waals surface area contributed by atoms with Gasteiger partial charge < -0.3 is 14.8 Å². The molecule has 0 aliphatic rings. The number of methoxy groups -OCH3 is 1. The van der Waals surface area contributed by atoms with Crippen molar-refractivity contribution in [1.82, 2.24) is 10.7 Å². The molecule has 2 rings (SSSR count). The van der Waals surface area contributed by atoms with Crippen molar-refractivity contribution < 1.29 is 23.9 Å². The number of hydrazone groups is 1. The summed E-state index contributed by atoms with van der Waals surface area (Å²) in [6.07, 6.45) is 1.38. The zero-order chi connectivity index (χ0) is 19.5. The molecule has 27 heavy (non-hydrogen) atoms. The van der Waals surface area contributed by atoms with Crippen LogP contribution in [0.2, 0.25) is 0 Å². The van der Waals surface area contributed by atoms with Gasteiger partial charge >= 0.3 is 17.8 Å². The highest BCUT2D eigenvalue weighted by atomic mass is 16.6. The summed E-state index contributed by atoms with van der Waals surface area (Å²) in [5.74, 6) is -1.63. The number of ether oxygens (including phenoxy) is 2. The first-order valence-corrected chi connectivity index (χ1v) is 8.03. The quantitative estimate of drug-likeness (QED) is 0.328. The Hall–Kier alpha value is -3.68. The first-order valence-electron chi connectivity index (χ1n) is 8.03. The first-order chi connectivity index (χ1) is 13.1. The minimum atomic E-state index is -0.861. The Kier molecular flexibility index (Phi) is 7.52. The molecule has 0 saturated heterocycles. The van der Waals surface area contributed by atoms with Gasteiger partial charge in [-0.05, 0) is 35.4 Å². The van der Waals surface area contributed by atoms with Crippen LogP contribution in [0.3, 0.4) is 0 Å². The van der Waals surface area contributed by atoms with Gasteiger partial charge in [-0.3, -0.25) is 9.59 Å². The van der Waals surface area contributed by atoms with Crippen LogP contribution in [0.25, 0.3) is 0 Å². The zero-order valence-electron chi connectivity index (χ0n) is 14.7. The normalized spacial score (nSPS) is 10.3. The fraction of sp³-hybridized carbons (Fsp3) is 0.158. The fourth-order valence-corrected chi connectivity index (χ4v) is 1.93. The van der Waals surface area contributed by atoms with Gasteiger partial charge in [0.1, 0.15) is 5.75 Å². The monoisotopic (exact) mass is 369 g/mol. The highest BCUT2D eigenvalue weighted by Gasteiger charge is 2.11. The molecule has 0 unspecified atom stereocenters. The van der Waals surface area contributed by atoms with Crippen LogP contribution in [0.15, 0.2) is 59.7 Å². The molecule has 0 atom stereocenters. The van der Waals surface area contributed by atoms with Crippen LogP contribution < -0.4 is 15.5 Å². The maximum atomic E-state index is 11.7. The van der Waals surface area contributed by atoms with E-state index >= 15 is 0 Å². The lowest BCUT2D eigenvalue weighted by atomic mass is 10.2. The highest BCUT2D eigenvalue weighted by molar-refractivity contribution is 6.35. The molecular weight excluding hydrogens is 350 g/mol. The second-order valence-corrected chi connectivity index (χ2v) is 5.30. The van der Waals surface area contributed by atoms with E-state index in [0.717, 1.165) is 5.56 Å². The van der Waals surface area contributed by atoms with Gasteiger partial charge in [0, 0.05) is 6.54 Å². The van der Waals surface area contributed by atoms with Crippen molar-refractivity contribution in [1.29, 1.82) is 0 Å². The lowest BCUT2D eigenvalue weighted by Gasteiger charge is -2.05. The van der Waals surface area contributed by atoms with E-state index in [9.17, 15) is 14.4 Å². The van der Waals surface area contributed by atoms with Crippen LogP contribution in [0.1, 0.15) is 11.1 Å². The first kappa shape index (κ1) is 19.6. The van der Waals surface area contributed by atoms with E-state index in [1.165, 1.54) is 13.3 Å². The third kappa shape index (κ3) is 6.99. The van der Waals surface area contributed by atoms with E-state index < -0.39 is 17.8 Å². The number of benzene rings is 2. The molecule has 8 heteroatoms. The average molecular weight is 369 g/mol. The summed E-state index contributed by atoms with van der Waals surface area (Å²) in [6, 6.07) is 15.9. The number of hydrogen-bond acceptors (Lipinski definition) is 6. The molecule has 0 aliphatic heterocycles. The molecule has 0 heterocycles. The summed E-state index contributed by atoms with van der Waals surface area (Å²) in [6.45, 7) is 0.0714. The minimum Gasteiger partial charge on any atom is -0.482 e. The van der Waals surface area contributed by atoms with Gasteiger partial charge in [-0.2, -0.15) is 5.10 Å². The van der Waals surface area contributed by atoms with Crippen molar-refractivity contribution >= 4 is 24.0 Å². The summed E-state index contributed by atoms with van der Waals surface area (Å²) in [4.78, 5) is 34.4. The molecule has 8 nitrogen and oxygen atoms in total. The SMILES string of the molecule is COC(=O)COc1ccc(/C=N\NC(=O)C(=O)NCc2ccccc2)cc1. The van der Waals surface area contributed by atoms with E-state index in [4.69, 9.17) is 4.74 Å². The summed E-state index contributed by atoms with van der Waals surface area (Å²) < 4.78 is 9.68. The van der Waals surface area contributed by atoms with Gasteiger partial charge in [-0.25, -0.2) is 10.2 Å². The van der Waals surface area contributed by atoms with Crippen molar-refractivity contribution in [3.05, 3.63) is 65.7 Å². The zero-order valence-corrected chi connectivity index (χ0v) is 14.7. The number of esters is 1. The van der Waals surface area contributed by atoms with E-state index in [1.807, 2.05) is 30.3 Å². The highest BCUT2D eigenvalue weighted by Crippen LogP contribution is 2.11. The van der Waals surface area contributed by atoms with Crippen molar-refractivity contribution in [2.24, 2.45) is 5.10 Å². The Morgan fingerprint density at radius 3 is 2.37 bits per heavy atom. The second kappa shape index (κ2) is 10.3. The maximum Gasteiger partial charge on any atom is 0.343 e. The Morgan fingerprint density at radius 2 is 1.70 bits per heavy atom. The molecule has 2 aromatic rings. The van der Waals surface area contributed by atoms with Crippen LogP contribution >= 0.6 is 0 Å². The molecule has 0 radical (unpaired) electrons. The standard InChI is InChI=1S/C19H19N3O5/c1-26-17(23)13-27-16-9-7-15(8-10-16)12-21-22-19(25)18(24)20-11-14-5-3-2-4-6-14/h2-10,12H,11,13H2,1H3,(H,20,24)(H,22,25)/b21-12-. The Morgan fingerprint density at radius 1 is 1.00 bits per heavy atom. The van der Waals surface area contributed by atoms with E-state index in [1.54, 1.807) is 24.3 Å². The van der Waals surface area contributed by atoms with Gasteiger partial charge in [-0.1, -0.05) is 30.3 Å². The molecule has 0 bridgehead atoms. The maximum absolute atomic E-state index is 11.7. The Labute approximate surface area is 156 Å². The minimum absolute atomic E-state index is 0.182. The summed E-state index contributed by atoms with van der Waals surface area (Å²) >= 11 is 0. The molecular formula is C19H19N3O5. The average Bonchev–Trinajstić information content (AvgIpc) is 2.71. The van der Waals surface area contributed by atoms with Gasteiger partial charge in [0.2, 0.25) is 0 Å². The molecule has 0 saturated carbocycles. The smallest absolute Gasteiger partial charge is 0.343 e. The van der Waals surface area contributed by atoms with Crippen LogP contribution in [-0.2, 0) is 25.7 Å². The Balaban J connectivity index is 1.76. The van der Waals surface area contributed by atoms with Crippen LogP contribution in [0.4, 0.5) is 0 Å². The topological polar surface area (TPSA) is 106 Å². The number of rotatable bonds is 7. The van der Waals surface area contributed by atoms with Crippen molar-refractivity contribution in [3.8, 4) is 5.75 Å². The van der Waals surface area contributed by atoms with E-state index in [2.05, 4.69) is 20.6 Å². The summed E-state index contributed by atoms with van der Waals surface area (Å²) in [5, 5.41) is 6.24. The van der Waals surface area contributed by atoms with Gasteiger partial charge in [0.25, 0.3) is 0 Å². The van der Waals surface area contributed by atoms with Crippen molar-refractivity contribution in [2.75, 3.05) is 13.7 Å². The summed E-state index contributed by atoms with van der Waals surface area (Å²) in [7, 11) is 1.28. The molecule has 2 aromatic carbocycles. The van der Waals surface area contributed by atoms with E-state index in [-0.39, 0.29) is 13.2 Å². The fourth-order valence-electron chi connectivity index (χ4n) is 1.93. The van der Waals surface area contributed by atoms with Crippen molar-refractivity contribution in [3.63, 3.8) is 0 Å². The number of carbonyl (C=O) groups excluding carboxylic acids is 3. The molecule has 2 amide bonds. The molecule has 0 aliphatic carbocycles. The summed E-state index contributed by atoms with van der Waals surface area (Å²) in [5.41, 5.74) is 3.71.